The topological polar surface area (TPSA) is 21.3 Å². The molecule has 0 saturated heterocycles. The average Bonchev–Trinajstić information content (AvgIpc) is 2.44. The summed E-state index contributed by atoms with van der Waals surface area (Å²) in [6.45, 7) is 4.93. The second kappa shape index (κ2) is 6.29. The van der Waals surface area contributed by atoms with Gasteiger partial charge in [0.1, 0.15) is 5.75 Å². The monoisotopic (exact) mass is 289 g/mol. The maximum atomic E-state index is 6.34. The highest BCUT2D eigenvalue weighted by Gasteiger charge is 2.11. The lowest BCUT2D eigenvalue weighted by atomic mass is 9.98. The number of rotatable bonds is 4. The zero-order valence-corrected chi connectivity index (χ0v) is 13.1. The molecule has 2 nitrogen and oxygen atoms in total. The van der Waals surface area contributed by atoms with Gasteiger partial charge in [0, 0.05) is 17.1 Å². The third kappa shape index (κ3) is 2.82. The largest absolute Gasteiger partial charge is 0.496 e. The van der Waals surface area contributed by atoms with Crippen molar-refractivity contribution in [1.29, 1.82) is 0 Å². The summed E-state index contributed by atoms with van der Waals surface area (Å²) < 4.78 is 5.57. The molecule has 3 heteroatoms. The van der Waals surface area contributed by atoms with E-state index in [4.69, 9.17) is 16.3 Å². The first-order chi connectivity index (χ1) is 9.58. The molecule has 0 saturated carbocycles. The molecule has 0 aliphatic heterocycles. The molecular formula is C17H20ClNO. The highest BCUT2D eigenvalue weighted by molar-refractivity contribution is 6.31. The van der Waals surface area contributed by atoms with Crippen molar-refractivity contribution in [3.8, 4) is 16.9 Å². The Morgan fingerprint density at radius 2 is 1.90 bits per heavy atom. The van der Waals surface area contributed by atoms with Crippen molar-refractivity contribution in [3.05, 3.63) is 52.0 Å². The van der Waals surface area contributed by atoms with Crippen molar-refractivity contribution in [2.75, 3.05) is 14.2 Å². The summed E-state index contributed by atoms with van der Waals surface area (Å²) in [5, 5.41) is 3.89. The second-order valence-electron chi connectivity index (χ2n) is 4.92. The molecule has 0 aliphatic carbocycles. The Morgan fingerprint density at radius 1 is 1.15 bits per heavy atom. The lowest BCUT2D eigenvalue weighted by Crippen LogP contribution is -2.05. The molecule has 0 radical (unpaired) electrons. The first-order valence-electron chi connectivity index (χ1n) is 6.66. The molecule has 0 bridgehead atoms. The summed E-state index contributed by atoms with van der Waals surface area (Å²) in [5.74, 6) is 0.919. The predicted molar refractivity (Wildman–Crippen MR) is 85.7 cm³/mol. The summed E-state index contributed by atoms with van der Waals surface area (Å²) in [6, 6.07) is 10.3. The summed E-state index contributed by atoms with van der Waals surface area (Å²) in [4.78, 5) is 0. The van der Waals surface area contributed by atoms with Crippen LogP contribution in [0.2, 0.25) is 5.02 Å². The van der Waals surface area contributed by atoms with Crippen molar-refractivity contribution in [2.45, 2.75) is 20.4 Å². The maximum Gasteiger partial charge on any atom is 0.129 e. The number of hydrogen-bond acceptors (Lipinski definition) is 2. The Bertz CT molecular complexity index is 623. The fourth-order valence-electron chi connectivity index (χ4n) is 2.33. The number of ether oxygens (including phenoxy) is 1. The second-order valence-corrected chi connectivity index (χ2v) is 5.33. The van der Waals surface area contributed by atoms with Gasteiger partial charge < -0.3 is 10.1 Å². The first kappa shape index (κ1) is 14.9. The van der Waals surface area contributed by atoms with Crippen LogP contribution in [0.15, 0.2) is 30.3 Å². The molecule has 0 atom stereocenters. The van der Waals surface area contributed by atoms with Gasteiger partial charge in [0.25, 0.3) is 0 Å². The molecule has 106 valence electrons. The van der Waals surface area contributed by atoms with Crippen LogP contribution >= 0.6 is 11.6 Å². The molecule has 0 aliphatic rings. The minimum absolute atomic E-state index is 0.767. The standard InChI is InChI=1S/C17H20ClNO/c1-11-5-8-15(17(20-4)12(11)2)13-6-7-14(10-19-3)16(18)9-13/h5-9,19H,10H2,1-4H3. The maximum absolute atomic E-state index is 6.34. The van der Waals surface area contributed by atoms with Crippen molar-refractivity contribution in [1.82, 2.24) is 5.32 Å². The predicted octanol–water partition coefficient (Wildman–Crippen LogP) is 4.35. The molecule has 1 N–H and O–H groups in total. The fraction of sp³-hybridized carbons (Fsp3) is 0.294. The highest BCUT2D eigenvalue weighted by atomic mass is 35.5. The summed E-state index contributed by atoms with van der Waals surface area (Å²) in [5.41, 5.74) is 5.65. The summed E-state index contributed by atoms with van der Waals surface area (Å²) in [6.07, 6.45) is 0. The van der Waals surface area contributed by atoms with Gasteiger partial charge in [-0.25, -0.2) is 0 Å². The van der Waals surface area contributed by atoms with Gasteiger partial charge in [-0.15, -0.1) is 0 Å². The zero-order valence-electron chi connectivity index (χ0n) is 12.4. The minimum Gasteiger partial charge on any atom is -0.496 e. The van der Waals surface area contributed by atoms with Gasteiger partial charge in [-0.05, 0) is 49.2 Å². The lowest BCUT2D eigenvalue weighted by Gasteiger charge is -2.14. The van der Waals surface area contributed by atoms with Gasteiger partial charge in [0.15, 0.2) is 0 Å². The van der Waals surface area contributed by atoms with Gasteiger partial charge in [-0.2, -0.15) is 0 Å². The average molecular weight is 290 g/mol. The number of methoxy groups -OCH3 is 1. The van der Waals surface area contributed by atoms with Crippen LogP contribution in [0.3, 0.4) is 0 Å². The lowest BCUT2D eigenvalue weighted by molar-refractivity contribution is 0.413. The quantitative estimate of drug-likeness (QED) is 0.903. The van der Waals surface area contributed by atoms with Crippen LogP contribution in [0.5, 0.6) is 5.75 Å². The summed E-state index contributed by atoms with van der Waals surface area (Å²) in [7, 11) is 3.62. The molecule has 2 rings (SSSR count). The molecule has 0 aromatic heterocycles. The van der Waals surface area contributed by atoms with E-state index in [9.17, 15) is 0 Å². The van der Waals surface area contributed by atoms with Gasteiger partial charge in [-0.1, -0.05) is 35.9 Å². The Kier molecular flexibility index (Phi) is 4.69. The van der Waals surface area contributed by atoms with Gasteiger partial charge >= 0.3 is 0 Å². The fourth-order valence-corrected chi connectivity index (χ4v) is 2.58. The van der Waals surface area contributed by atoms with E-state index < -0.39 is 0 Å². The van der Waals surface area contributed by atoms with E-state index in [1.807, 2.05) is 13.1 Å². The van der Waals surface area contributed by atoms with E-state index in [-0.39, 0.29) is 0 Å². The molecular weight excluding hydrogens is 270 g/mol. The smallest absolute Gasteiger partial charge is 0.129 e. The van der Waals surface area contributed by atoms with E-state index in [1.54, 1.807) is 7.11 Å². The van der Waals surface area contributed by atoms with Crippen LogP contribution in [0, 0.1) is 13.8 Å². The van der Waals surface area contributed by atoms with Gasteiger partial charge in [0.05, 0.1) is 7.11 Å². The summed E-state index contributed by atoms with van der Waals surface area (Å²) >= 11 is 6.34. The Labute approximate surface area is 125 Å². The molecule has 2 aromatic carbocycles. The van der Waals surface area contributed by atoms with Crippen LogP contribution in [-0.2, 0) is 6.54 Å². The molecule has 0 spiro atoms. The third-order valence-corrected chi connectivity index (χ3v) is 3.96. The van der Waals surface area contributed by atoms with Crippen LogP contribution in [0.1, 0.15) is 16.7 Å². The van der Waals surface area contributed by atoms with E-state index in [1.165, 1.54) is 11.1 Å². The van der Waals surface area contributed by atoms with Crippen molar-refractivity contribution in [2.24, 2.45) is 0 Å². The van der Waals surface area contributed by atoms with Gasteiger partial charge in [0.2, 0.25) is 0 Å². The van der Waals surface area contributed by atoms with E-state index in [2.05, 4.69) is 43.4 Å². The van der Waals surface area contributed by atoms with Crippen molar-refractivity contribution >= 4 is 11.6 Å². The van der Waals surface area contributed by atoms with Crippen LogP contribution in [0.4, 0.5) is 0 Å². The normalized spacial score (nSPS) is 10.7. The first-order valence-corrected chi connectivity index (χ1v) is 7.04. The number of benzene rings is 2. The SMILES string of the molecule is CNCc1ccc(-c2ccc(C)c(C)c2OC)cc1Cl. The molecule has 20 heavy (non-hydrogen) atoms. The van der Waals surface area contributed by atoms with Crippen molar-refractivity contribution in [3.63, 3.8) is 0 Å². The number of nitrogens with one attached hydrogen (secondary N) is 1. The van der Waals surface area contributed by atoms with Gasteiger partial charge in [-0.3, -0.25) is 0 Å². The molecule has 0 amide bonds. The third-order valence-electron chi connectivity index (χ3n) is 3.61. The minimum atomic E-state index is 0.767. The molecule has 2 aromatic rings. The van der Waals surface area contributed by atoms with E-state index in [0.717, 1.165) is 34.0 Å². The van der Waals surface area contributed by atoms with Crippen LogP contribution in [0.25, 0.3) is 11.1 Å². The highest BCUT2D eigenvalue weighted by Crippen LogP contribution is 2.36. The number of aryl methyl sites for hydroxylation is 1. The number of hydrogen-bond donors (Lipinski definition) is 1. The van der Waals surface area contributed by atoms with Crippen LogP contribution in [-0.4, -0.2) is 14.2 Å². The number of halogens is 1. The van der Waals surface area contributed by atoms with E-state index >= 15 is 0 Å². The van der Waals surface area contributed by atoms with Crippen molar-refractivity contribution < 1.29 is 4.74 Å². The molecule has 0 heterocycles. The Hall–Kier alpha value is -1.51. The van der Waals surface area contributed by atoms with Crippen LogP contribution < -0.4 is 10.1 Å². The molecule has 0 fully saturated rings. The Balaban J connectivity index is 2.52. The Morgan fingerprint density at radius 3 is 2.50 bits per heavy atom. The zero-order chi connectivity index (χ0) is 14.7. The van der Waals surface area contributed by atoms with E-state index in [0.29, 0.717) is 0 Å². The molecule has 0 unspecified atom stereocenters.